The minimum atomic E-state index is -0.530. The van der Waals surface area contributed by atoms with Gasteiger partial charge in [0.25, 0.3) is 5.69 Å². The predicted octanol–water partition coefficient (Wildman–Crippen LogP) is 3.63. The van der Waals surface area contributed by atoms with Crippen LogP contribution in [0.5, 0.6) is 11.6 Å². The van der Waals surface area contributed by atoms with E-state index in [1.165, 1.54) is 29.5 Å². The Labute approximate surface area is 127 Å². The molecule has 0 atom stereocenters. The van der Waals surface area contributed by atoms with E-state index in [2.05, 4.69) is 9.97 Å². The van der Waals surface area contributed by atoms with Gasteiger partial charge in [-0.2, -0.15) is 4.98 Å². The van der Waals surface area contributed by atoms with Crippen LogP contribution in [0.25, 0.3) is 10.2 Å². The minimum Gasteiger partial charge on any atom is -0.436 e. The summed E-state index contributed by atoms with van der Waals surface area (Å²) in [6.07, 6.45) is 0. The third-order valence-electron chi connectivity index (χ3n) is 2.64. The number of non-ortho nitro benzene ring substituents is 1. The van der Waals surface area contributed by atoms with Crippen molar-refractivity contribution in [1.82, 2.24) is 9.97 Å². The van der Waals surface area contributed by atoms with Crippen molar-refractivity contribution < 1.29 is 9.66 Å². The summed E-state index contributed by atoms with van der Waals surface area (Å²) < 4.78 is 5.59. The molecule has 0 saturated heterocycles. The molecule has 0 unspecified atom stereocenters. The number of aromatic nitrogens is 2. The fraction of sp³-hybridized carbons (Fsp3) is 0. The Kier molecular flexibility index (Phi) is 3.32. The molecule has 0 aliphatic carbocycles. The number of nitro groups is 1. The number of thiophene rings is 1. The molecule has 0 aliphatic heterocycles. The third-order valence-corrected chi connectivity index (χ3v) is 3.76. The molecule has 9 heteroatoms. The normalized spacial score (nSPS) is 10.7. The van der Waals surface area contributed by atoms with E-state index in [1.807, 2.05) is 5.38 Å². The lowest BCUT2D eigenvalue weighted by Crippen LogP contribution is -1.98. The van der Waals surface area contributed by atoms with Gasteiger partial charge in [-0.15, -0.1) is 11.3 Å². The number of ether oxygens (including phenoxy) is 1. The maximum Gasteiger partial charge on any atom is 0.273 e. The van der Waals surface area contributed by atoms with Gasteiger partial charge in [-0.05, 0) is 17.5 Å². The van der Waals surface area contributed by atoms with Crippen LogP contribution in [-0.4, -0.2) is 14.9 Å². The molecule has 0 aliphatic rings. The van der Waals surface area contributed by atoms with Crippen LogP contribution in [0.3, 0.4) is 0 Å². The number of hydrogen-bond acceptors (Lipinski definition) is 7. The minimum absolute atomic E-state index is 0.0569. The number of benzene rings is 1. The number of halogens is 1. The first-order valence-electron chi connectivity index (χ1n) is 5.67. The zero-order valence-electron chi connectivity index (χ0n) is 10.3. The van der Waals surface area contributed by atoms with Gasteiger partial charge in [-0.3, -0.25) is 10.1 Å². The van der Waals surface area contributed by atoms with Crippen LogP contribution in [0.15, 0.2) is 29.6 Å². The molecule has 2 heterocycles. The topological polar surface area (TPSA) is 104 Å². The second kappa shape index (κ2) is 5.15. The molecule has 0 bridgehead atoms. The van der Waals surface area contributed by atoms with Gasteiger partial charge in [0.15, 0.2) is 5.75 Å². The summed E-state index contributed by atoms with van der Waals surface area (Å²) >= 11 is 7.38. The molecular weight excluding hydrogens is 316 g/mol. The number of rotatable bonds is 3. The Morgan fingerprint density at radius 3 is 2.90 bits per heavy atom. The number of nitro benzene ring substituents is 1. The van der Waals surface area contributed by atoms with Crippen LogP contribution in [-0.2, 0) is 0 Å². The average Bonchev–Trinajstić information content (AvgIpc) is 2.89. The second-order valence-corrected chi connectivity index (χ2v) is 5.30. The number of fused-ring (bicyclic) bond motifs is 1. The van der Waals surface area contributed by atoms with Crippen LogP contribution in [0.4, 0.5) is 11.6 Å². The van der Waals surface area contributed by atoms with Gasteiger partial charge in [0.05, 0.1) is 21.4 Å². The summed E-state index contributed by atoms with van der Waals surface area (Å²) in [4.78, 5) is 19.0. The molecule has 0 spiro atoms. The highest BCUT2D eigenvalue weighted by molar-refractivity contribution is 7.16. The molecule has 21 heavy (non-hydrogen) atoms. The maximum atomic E-state index is 10.8. The van der Waals surface area contributed by atoms with Crippen molar-refractivity contribution in [2.24, 2.45) is 0 Å². The van der Waals surface area contributed by atoms with Crippen molar-refractivity contribution >= 4 is 44.8 Å². The predicted molar refractivity (Wildman–Crippen MR) is 80.0 cm³/mol. The van der Waals surface area contributed by atoms with E-state index in [-0.39, 0.29) is 28.3 Å². The summed E-state index contributed by atoms with van der Waals surface area (Å²) in [7, 11) is 0. The van der Waals surface area contributed by atoms with E-state index in [0.29, 0.717) is 10.2 Å². The SMILES string of the molecule is Nc1nc(Oc2cc([N+](=O)[O-])ccc2Cl)c2ccsc2n1. The molecular formula is C12H7ClN4O3S. The molecule has 2 N–H and O–H groups in total. The first kappa shape index (κ1) is 13.5. The molecule has 7 nitrogen and oxygen atoms in total. The quantitative estimate of drug-likeness (QED) is 0.583. The molecule has 3 aromatic rings. The second-order valence-electron chi connectivity index (χ2n) is 4.00. The Hall–Kier alpha value is -2.45. The Bertz CT molecular complexity index is 852. The molecule has 0 radical (unpaired) electrons. The van der Waals surface area contributed by atoms with Crippen molar-refractivity contribution in [1.29, 1.82) is 0 Å². The molecule has 0 amide bonds. The highest BCUT2D eigenvalue weighted by Gasteiger charge is 2.15. The Morgan fingerprint density at radius 2 is 2.14 bits per heavy atom. The van der Waals surface area contributed by atoms with Crippen LogP contribution < -0.4 is 10.5 Å². The summed E-state index contributed by atoms with van der Waals surface area (Å²) in [5.74, 6) is 0.402. The van der Waals surface area contributed by atoms with Crippen molar-refractivity contribution in [3.8, 4) is 11.6 Å². The summed E-state index contributed by atoms with van der Waals surface area (Å²) in [6.45, 7) is 0. The van der Waals surface area contributed by atoms with Crippen molar-refractivity contribution in [3.05, 3.63) is 44.8 Å². The van der Waals surface area contributed by atoms with Gasteiger partial charge < -0.3 is 10.5 Å². The smallest absolute Gasteiger partial charge is 0.273 e. The van der Waals surface area contributed by atoms with E-state index in [1.54, 1.807) is 6.07 Å². The first-order valence-corrected chi connectivity index (χ1v) is 6.93. The monoisotopic (exact) mass is 322 g/mol. The number of nitrogens with two attached hydrogens (primary N) is 1. The fourth-order valence-corrected chi connectivity index (χ4v) is 2.63. The van der Waals surface area contributed by atoms with E-state index in [9.17, 15) is 10.1 Å². The van der Waals surface area contributed by atoms with Gasteiger partial charge in [-0.1, -0.05) is 11.6 Å². The molecule has 2 aromatic heterocycles. The molecule has 3 rings (SSSR count). The van der Waals surface area contributed by atoms with Crippen LogP contribution in [0.1, 0.15) is 0 Å². The summed E-state index contributed by atoms with van der Waals surface area (Å²) in [5.41, 5.74) is 5.49. The van der Waals surface area contributed by atoms with Gasteiger partial charge in [0.1, 0.15) is 4.83 Å². The van der Waals surface area contributed by atoms with E-state index >= 15 is 0 Å². The van der Waals surface area contributed by atoms with Crippen LogP contribution in [0.2, 0.25) is 5.02 Å². The van der Waals surface area contributed by atoms with Gasteiger partial charge in [0, 0.05) is 6.07 Å². The number of anilines is 1. The van der Waals surface area contributed by atoms with Crippen LogP contribution in [0, 0.1) is 10.1 Å². The number of nitrogens with zero attached hydrogens (tertiary/aromatic N) is 3. The molecule has 106 valence electrons. The molecule has 0 saturated carbocycles. The zero-order valence-corrected chi connectivity index (χ0v) is 11.9. The highest BCUT2D eigenvalue weighted by Crippen LogP contribution is 2.35. The van der Waals surface area contributed by atoms with Crippen molar-refractivity contribution in [2.45, 2.75) is 0 Å². The number of nitrogen functional groups attached to an aromatic ring is 1. The summed E-state index contributed by atoms with van der Waals surface area (Å²) in [5, 5.41) is 13.5. The van der Waals surface area contributed by atoms with Crippen LogP contribution >= 0.6 is 22.9 Å². The standard InChI is InChI=1S/C12H7ClN4O3S/c13-8-2-1-6(17(18)19)5-9(8)20-10-7-3-4-21-11(7)16-12(14)15-10/h1-5H,(H2,14,15,16). The molecule has 0 fully saturated rings. The van der Waals surface area contributed by atoms with Gasteiger partial charge >= 0.3 is 0 Å². The Balaban J connectivity index is 2.08. The maximum absolute atomic E-state index is 10.8. The lowest BCUT2D eigenvalue weighted by Gasteiger charge is -2.08. The van der Waals surface area contributed by atoms with Crippen molar-refractivity contribution in [3.63, 3.8) is 0 Å². The van der Waals surface area contributed by atoms with Gasteiger partial charge in [0.2, 0.25) is 11.8 Å². The first-order chi connectivity index (χ1) is 10.0. The van der Waals surface area contributed by atoms with Gasteiger partial charge in [-0.25, -0.2) is 4.98 Å². The van der Waals surface area contributed by atoms with Crippen molar-refractivity contribution in [2.75, 3.05) is 5.73 Å². The lowest BCUT2D eigenvalue weighted by molar-refractivity contribution is -0.384. The molecule has 1 aromatic carbocycles. The fourth-order valence-electron chi connectivity index (χ4n) is 1.71. The van der Waals surface area contributed by atoms with E-state index < -0.39 is 4.92 Å². The Morgan fingerprint density at radius 1 is 1.33 bits per heavy atom. The van der Waals surface area contributed by atoms with E-state index in [0.717, 1.165) is 0 Å². The summed E-state index contributed by atoms with van der Waals surface area (Å²) in [6, 6.07) is 5.70. The number of hydrogen-bond donors (Lipinski definition) is 1. The third kappa shape index (κ3) is 2.58. The average molecular weight is 323 g/mol. The largest absolute Gasteiger partial charge is 0.436 e. The van der Waals surface area contributed by atoms with E-state index in [4.69, 9.17) is 22.1 Å². The lowest BCUT2D eigenvalue weighted by atomic mass is 10.3. The zero-order chi connectivity index (χ0) is 15.0. The highest BCUT2D eigenvalue weighted by atomic mass is 35.5.